The second-order valence-corrected chi connectivity index (χ2v) is 7.97. The largest absolute Gasteiger partial charge is 0.476 e. The molecule has 1 N–H and O–H groups in total. The van der Waals surface area contributed by atoms with Crippen molar-refractivity contribution in [1.82, 2.24) is 5.32 Å². The molecule has 8 nitrogen and oxygen atoms in total. The van der Waals surface area contributed by atoms with Gasteiger partial charge in [0.1, 0.15) is 23.7 Å². The Kier molecular flexibility index (Phi) is 7.04. The number of amides is 2. The van der Waals surface area contributed by atoms with Gasteiger partial charge in [-0.2, -0.15) is 13.2 Å². The number of halogens is 3. The van der Waals surface area contributed by atoms with E-state index in [2.05, 4.69) is 5.32 Å². The minimum Gasteiger partial charge on any atom is -0.476 e. The van der Waals surface area contributed by atoms with Crippen molar-refractivity contribution in [2.75, 3.05) is 18.0 Å². The minimum absolute atomic E-state index is 0.0203. The Balaban J connectivity index is 1.78. The van der Waals surface area contributed by atoms with Gasteiger partial charge in [0.2, 0.25) is 0 Å². The zero-order valence-corrected chi connectivity index (χ0v) is 18.7. The Morgan fingerprint density at radius 1 is 1.15 bits per heavy atom. The van der Waals surface area contributed by atoms with E-state index >= 15 is 0 Å². The summed E-state index contributed by atoms with van der Waals surface area (Å²) in [6.45, 7) is 3.70. The Hall–Kier alpha value is -3.76. The van der Waals surface area contributed by atoms with Gasteiger partial charge in [0.05, 0.1) is 5.69 Å². The van der Waals surface area contributed by atoms with Gasteiger partial charge in [0.15, 0.2) is 5.60 Å². The first kappa shape index (κ1) is 24.9. The Morgan fingerprint density at radius 3 is 2.44 bits per heavy atom. The van der Waals surface area contributed by atoms with Gasteiger partial charge in [-0.25, -0.2) is 4.79 Å². The van der Waals surface area contributed by atoms with Gasteiger partial charge in [-0.3, -0.25) is 9.59 Å². The van der Waals surface area contributed by atoms with E-state index in [1.165, 1.54) is 18.7 Å². The van der Waals surface area contributed by atoms with Crippen LogP contribution in [0.4, 0.5) is 23.7 Å². The molecule has 0 saturated heterocycles. The van der Waals surface area contributed by atoms with E-state index in [1.54, 1.807) is 24.3 Å². The SMILES string of the molecule is CC(=O)Oc1cc2c(cc1C(F)(F)F)OC(C)(C)C(=O)N2CCNC(=O)OCc1ccccc1. The van der Waals surface area contributed by atoms with Gasteiger partial charge in [-0.05, 0) is 25.5 Å². The third-order valence-electron chi connectivity index (χ3n) is 4.85. The molecule has 0 aromatic heterocycles. The maximum Gasteiger partial charge on any atom is 0.420 e. The molecule has 3 rings (SSSR count). The van der Waals surface area contributed by atoms with Crippen molar-refractivity contribution >= 4 is 23.7 Å². The third-order valence-corrected chi connectivity index (χ3v) is 4.85. The zero-order chi connectivity index (χ0) is 25.1. The number of fused-ring (bicyclic) bond motifs is 1. The summed E-state index contributed by atoms with van der Waals surface area (Å²) in [7, 11) is 0. The molecule has 11 heteroatoms. The van der Waals surface area contributed by atoms with Crippen LogP contribution in [0, 0.1) is 0 Å². The summed E-state index contributed by atoms with van der Waals surface area (Å²) in [6.07, 6.45) is -5.55. The van der Waals surface area contributed by atoms with Crippen molar-refractivity contribution in [1.29, 1.82) is 0 Å². The van der Waals surface area contributed by atoms with Crippen LogP contribution in [-0.4, -0.2) is 36.7 Å². The van der Waals surface area contributed by atoms with Crippen LogP contribution < -0.4 is 19.7 Å². The number of nitrogens with one attached hydrogen (secondary N) is 1. The summed E-state index contributed by atoms with van der Waals surface area (Å²) in [5.74, 6) is -2.47. The smallest absolute Gasteiger partial charge is 0.420 e. The van der Waals surface area contributed by atoms with Crippen LogP contribution in [-0.2, 0) is 27.1 Å². The molecule has 0 radical (unpaired) electrons. The highest BCUT2D eigenvalue weighted by Gasteiger charge is 2.44. The molecule has 1 aliphatic heterocycles. The van der Waals surface area contributed by atoms with Gasteiger partial charge in [0, 0.05) is 26.1 Å². The second-order valence-electron chi connectivity index (χ2n) is 7.97. The first-order valence-corrected chi connectivity index (χ1v) is 10.3. The molecule has 34 heavy (non-hydrogen) atoms. The number of esters is 1. The Bertz CT molecular complexity index is 1090. The predicted octanol–water partition coefficient (Wildman–Crippen LogP) is 4.06. The number of carbonyl (C=O) groups is 3. The highest BCUT2D eigenvalue weighted by Crippen LogP contribution is 2.46. The van der Waals surface area contributed by atoms with Crippen LogP contribution in [0.1, 0.15) is 31.9 Å². The van der Waals surface area contributed by atoms with E-state index in [9.17, 15) is 27.6 Å². The van der Waals surface area contributed by atoms with Gasteiger partial charge in [0.25, 0.3) is 5.91 Å². The van der Waals surface area contributed by atoms with Crippen LogP contribution in [0.2, 0.25) is 0 Å². The summed E-state index contributed by atoms with van der Waals surface area (Å²) in [4.78, 5) is 37.5. The number of carbonyl (C=O) groups excluding carboxylic acids is 3. The first-order chi connectivity index (χ1) is 15.9. The fourth-order valence-electron chi connectivity index (χ4n) is 3.32. The molecule has 2 aromatic rings. The van der Waals surface area contributed by atoms with Gasteiger partial charge in [-0.1, -0.05) is 30.3 Å². The van der Waals surface area contributed by atoms with Crippen molar-refractivity contribution in [2.24, 2.45) is 0 Å². The van der Waals surface area contributed by atoms with Crippen molar-refractivity contribution in [3.05, 3.63) is 53.6 Å². The third kappa shape index (κ3) is 5.77. The van der Waals surface area contributed by atoms with E-state index in [0.717, 1.165) is 18.6 Å². The van der Waals surface area contributed by atoms with Crippen LogP contribution in [0.25, 0.3) is 0 Å². The number of nitrogens with zero attached hydrogens (tertiary/aromatic N) is 1. The number of rotatable bonds is 6. The monoisotopic (exact) mass is 480 g/mol. The van der Waals surface area contributed by atoms with E-state index in [4.69, 9.17) is 14.2 Å². The highest BCUT2D eigenvalue weighted by molar-refractivity contribution is 6.02. The molecule has 0 unspecified atom stereocenters. The number of hydrogen-bond acceptors (Lipinski definition) is 6. The molecule has 1 heterocycles. The molecular weight excluding hydrogens is 457 g/mol. The van der Waals surface area contributed by atoms with Gasteiger partial charge < -0.3 is 24.4 Å². The van der Waals surface area contributed by atoms with E-state index in [-0.39, 0.29) is 31.1 Å². The Morgan fingerprint density at radius 2 is 1.82 bits per heavy atom. The molecule has 0 saturated carbocycles. The molecule has 0 fully saturated rings. The van der Waals surface area contributed by atoms with Gasteiger partial charge in [-0.15, -0.1) is 0 Å². The maximum atomic E-state index is 13.5. The van der Waals surface area contributed by atoms with Crippen LogP contribution in [0.3, 0.4) is 0 Å². The number of hydrogen-bond donors (Lipinski definition) is 1. The fourth-order valence-corrected chi connectivity index (χ4v) is 3.32. The number of benzene rings is 2. The lowest BCUT2D eigenvalue weighted by Crippen LogP contribution is -2.54. The molecule has 0 aliphatic carbocycles. The quantitative estimate of drug-likeness (QED) is 0.495. The normalized spacial score (nSPS) is 14.6. The van der Waals surface area contributed by atoms with Crippen molar-refractivity contribution in [3.63, 3.8) is 0 Å². The summed E-state index contributed by atoms with van der Waals surface area (Å²) in [5.41, 5.74) is -1.91. The van der Waals surface area contributed by atoms with E-state index in [1.807, 2.05) is 6.07 Å². The zero-order valence-electron chi connectivity index (χ0n) is 18.7. The summed E-state index contributed by atoms with van der Waals surface area (Å²) in [6, 6.07) is 10.6. The molecule has 2 aromatic carbocycles. The lowest BCUT2D eigenvalue weighted by molar-refractivity contribution is -0.141. The minimum atomic E-state index is -4.83. The van der Waals surface area contributed by atoms with Crippen molar-refractivity contribution in [3.8, 4) is 11.5 Å². The van der Waals surface area contributed by atoms with Crippen molar-refractivity contribution in [2.45, 2.75) is 39.2 Å². The Labute approximate surface area is 193 Å². The molecular formula is C23H23F3N2O6. The molecule has 182 valence electrons. The standard InChI is InChI=1S/C23H23F3N2O6/c1-14(29)33-18-12-17-19(11-16(18)23(24,25)26)34-22(2,3)20(30)28(17)10-9-27-21(31)32-13-15-7-5-4-6-8-15/h4-8,11-12H,9-10,13H2,1-3H3,(H,27,31). The van der Waals surface area contributed by atoms with Crippen molar-refractivity contribution < 1.29 is 41.8 Å². The van der Waals surface area contributed by atoms with Crippen LogP contribution >= 0.6 is 0 Å². The maximum absolute atomic E-state index is 13.5. The molecule has 1 aliphatic rings. The second kappa shape index (κ2) is 9.62. The molecule has 0 atom stereocenters. The number of anilines is 1. The number of alkyl carbamates (subject to hydrolysis) is 1. The van der Waals surface area contributed by atoms with E-state index < -0.39 is 41.1 Å². The summed E-state index contributed by atoms with van der Waals surface area (Å²) < 4.78 is 56.0. The fraction of sp³-hybridized carbons (Fsp3) is 0.348. The highest BCUT2D eigenvalue weighted by atomic mass is 19.4. The average molecular weight is 480 g/mol. The molecule has 0 bridgehead atoms. The predicted molar refractivity (Wildman–Crippen MR) is 114 cm³/mol. The first-order valence-electron chi connectivity index (χ1n) is 10.3. The molecule has 2 amide bonds. The van der Waals surface area contributed by atoms with Gasteiger partial charge >= 0.3 is 18.2 Å². The number of ether oxygens (including phenoxy) is 3. The van der Waals surface area contributed by atoms with E-state index in [0.29, 0.717) is 6.07 Å². The lowest BCUT2D eigenvalue weighted by atomic mass is 10.0. The topological polar surface area (TPSA) is 94.2 Å². The summed E-state index contributed by atoms with van der Waals surface area (Å²) in [5, 5.41) is 2.50. The average Bonchev–Trinajstić information content (AvgIpc) is 2.74. The van der Waals surface area contributed by atoms with Crippen LogP contribution in [0.5, 0.6) is 11.5 Å². The number of alkyl halides is 3. The lowest BCUT2D eigenvalue weighted by Gasteiger charge is -2.39. The molecule has 0 spiro atoms. The summed E-state index contributed by atoms with van der Waals surface area (Å²) >= 11 is 0. The van der Waals surface area contributed by atoms with Crippen LogP contribution in [0.15, 0.2) is 42.5 Å².